The molecule has 1 aliphatic heterocycles. The number of benzene rings is 1. The predicted octanol–water partition coefficient (Wildman–Crippen LogP) is 2.47. The van der Waals surface area contributed by atoms with Crippen molar-refractivity contribution in [1.29, 1.82) is 0 Å². The van der Waals surface area contributed by atoms with Gasteiger partial charge in [-0.3, -0.25) is 0 Å². The van der Waals surface area contributed by atoms with Gasteiger partial charge < -0.3 is 16.0 Å². The zero-order valence-electron chi connectivity index (χ0n) is 18.5. The maximum Gasteiger partial charge on any atom is 0.228 e. The van der Waals surface area contributed by atoms with Crippen molar-refractivity contribution >= 4 is 51.1 Å². The average Bonchev–Trinajstić information content (AvgIpc) is 2.76. The van der Waals surface area contributed by atoms with E-state index in [2.05, 4.69) is 36.0 Å². The van der Waals surface area contributed by atoms with Crippen LogP contribution < -0.4 is 20.7 Å². The number of thiol groups is 1. The van der Waals surface area contributed by atoms with Crippen molar-refractivity contribution < 1.29 is 8.42 Å². The molecule has 12 heteroatoms. The number of halogens is 1. The average molecular weight is 491 g/mol. The van der Waals surface area contributed by atoms with E-state index < -0.39 is 10.9 Å². The van der Waals surface area contributed by atoms with Crippen LogP contribution in [-0.2, 0) is 10.9 Å². The Morgan fingerprint density at radius 1 is 1.18 bits per heavy atom. The first kappa shape index (κ1) is 23.4. The van der Waals surface area contributed by atoms with Crippen molar-refractivity contribution in [3.63, 3.8) is 0 Å². The van der Waals surface area contributed by atoms with E-state index in [4.69, 9.17) is 22.3 Å². The van der Waals surface area contributed by atoms with E-state index in [1.165, 1.54) is 0 Å². The van der Waals surface area contributed by atoms with Crippen molar-refractivity contribution in [2.24, 2.45) is 5.92 Å². The van der Waals surface area contributed by atoms with Gasteiger partial charge in [0.2, 0.25) is 22.8 Å². The van der Waals surface area contributed by atoms with E-state index in [-0.39, 0.29) is 12.0 Å². The van der Waals surface area contributed by atoms with Gasteiger partial charge in [0.05, 0.1) is 11.6 Å². The molecule has 1 fully saturated rings. The number of nitrogens with zero attached hydrogens (tertiary/aromatic N) is 5. The summed E-state index contributed by atoms with van der Waals surface area (Å²) in [6.45, 7) is 5.83. The number of nitrogens with one attached hydrogen (secondary N) is 2. The lowest BCUT2D eigenvalue weighted by Crippen LogP contribution is -2.38. The van der Waals surface area contributed by atoms with Gasteiger partial charge in [-0.05, 0) is 56.9 Å². The molecule has 2 aromatic heterocycles. The minimum absolute atomic E-state index is 0.163. The van der Waals surface area contributed by atoms with Crippen LogP contribution in [0.3, 0.4) is 0 Å². The van der Waals surface area contributed by atoms with Gasteiger partial charge in [0, 0.05) is 35.6 Å². The number of nitrogens with two attached hydrogens (primary N) is 1. The zero-order chi connectivity index (χ0) is 23.5. The third-order valence-electron chi connectivity index (χ3n) is 5.78. The van der Waals surface area contributed by atoms with Crippen LogP contribution in [0.15, 0.2) is 24.3 Å². The predicted molar refractivity (Wildman–Crippen MR) is 131 cm³/mol. The topological polar surface area (TPSA) is 139 Å². The molecular formula is C21H27ClN8O2S. The number of aryl methyl sites for hydroxylation is 1. The molecule has 1 aromatic carbocycles. The third-order valence-corrected chi connectivity index (χ3v) is 6.46. The number of fused-ring (bicyclic) bond motifs is 1. The number of nitrogen functional groups attached to an aromatic ring is 1. The van der Waals surface area contributed by atoms with Gasteiger partial charge in [-0.15, -0.1) is 0 Å². The SMILES string of the molecule is Cc1nc(N)nc(NC(C)c2cc3cc(Cl)ccc3nc2N2CCC(CN[SH](=O)=O)CC2)n1. The van der Waals surface area contributed by atoms with Crippen molar-refractivity contribution in [3.05, 3.63) is 40.7 Å². The Kier molecular flexibility index (Phi) is 7.11. The summed E-state index contributed by atoms with van der Waals surface area (Å²) in [4.78, 5) is 19.8. The molecule has 0 bridgehead atoms. The van der Waals surface area contributed by atoms with Gasteiger partial charge in [-0.1, -0.05) is 11.6 Å². The molecule has 0 spiro atoms. The molecule has 33 heavy (non-hydrogen) atoms. The summed E-state index contributed by atoms with van der Waals surface area (Å²) in [5.41, 5.74) is 7.63. The van der Waals surface area contributed by atoms with Gasteiger partial charge >= 0.3 is 0 Å². The van der Waals surface area contributed by atoms with Crippen LogP contribution >= 0.6 is 11.6 Å². The van der Waals surface area contributed by atoms with Crippen LogP contribution in [0, 0.1) is 12.8 Å². The van der Waals surface area contributed by atoms with E-state index in [0.717, 1.165) is 48.2 Å². The second-order valence-electron chi connectivity index (χ2n) is 8.22. The highest BCUT2D eigenvalue weighted by molar-refractivity contribution is 7.70. The standard InChI is InChI=1S/C21H27ClN8O2S/c1-12(25-21-27-13(2)26-20(23)29-21)17-10-15-9-16(22)3-4-18(15)28-19(17)30-7-5-14(6-8-30)11-24-33(31)32/h3-4,9-10,12,14,33H,5-8,11H2,1-2H3,(H,24,31,32)(H3,23,25,26,27,29). The molecule has 4 rings (SSSR count). The zero-order valence-corrected chi connectivity index (χ0v) is 20.1. The molecule has 4 N–H and O–H groups in total. The van der Waals surface area contributed by atoms with E-state index >= 15 is 0 Å². The highest BCUT2D eigenvalue weighted by Crippen LogP contribution is 2.33. The molecule has 0 aliphatic carbocycles. The number of hydrogen-bond acceptors (Lipinski definition) is 9. The second kappa shape index (κ2) is 10.0. The fourth-order valence-corrected chi connectivity index (χ4v) is 4.70. The van der Waals surface area contributed by atoms with Crippen LogP contribution in [0.25, 0.3) is 10.9 Å². The van der Waals surface area contributed by atoms with Crippen molar-refractivity contribution in [1.82, 2.24) is 24.7 Å². The maximum atomic E-state index is 10.9. The monoisotopic (exact) mass is 490 g/mol. The first-order valence-corrected chi connectivity index (χ1v) is 12.3. The molecule has 3 aromatic rings. The van der Waals surface area contributed by atoms with Gasteiger partial charge in [0.1, 0.15) is 11.6 Å². The largest absolute Gasteiger partial charge is 0.368 e. The van der Waals surface area contributed by atoms with Crippen molar-refractivity contribution in [2.45, 2.75) is 32.7 Å². The molecule has 1 atom stereocenters. The Labute approximate surface area is 199 Å². The summed E-state index contributed by atoms with van der Waals surface area (Å²) in [7, 11) is -2.57. The molecule has 176 valence electrons. The molecule has 0 amide bonds. The fraction of sp³-hybridized carbons (Fsp3) is 0.429. The minimum atomic E-state index is -2.57. The molecule has 1 unspecified atom stereocenters. The van der Waals surface area contributed by atoms with E-state index in [9.17, 15) is 8.42 Å². The van der Waals surface area contributed by atoms with E-state index in [1.807, 2.05) is 25.1 Å². The summed E-state index contributed by atoms with van der Waals surface area (Å²) in [6.07, 6.45) is 1.75. The Balaban J connectivity index is 1.63. The number of hydrogen-bond donors (Lipinski definition) is 4. The fourth-order valence-electron chi connectivity index (χ4n) is 4.12. The van der Waals surface area contributed by atoms with Crippen LogP contribution in [0.1, 0.15) is 37.2 Å². The molecule has 3 heterocycles. The summed E-state index contributed by atoms with van der Waals surface area (Å²) >= 11 is 6.23. The lowest BCUT2D eigenvalue weighted by Gasteiger charge is -2.34. The van der Waals surface area contributed by atoms with E-state index in [0.29, 0.717) is 29.3 Å². The maximum absolute atomic E-state index is 10.9. The summed E-state index contributed by atoms with van der Waals surface area (Å²) in [6, 6.07) is 7.58. The van der Waals surface area contributed by atoms with E-state index in [1.54, 1.807) is 6.92 Å². The van der Waals surface area contributed by atoms with Gasteiger partial charge in [-0.25, -0.2) is 18.1 Å². The first-order valence-electron chi connectivity index (χ1n) is 10.8. The highest BCUT2D eigenvalue weighted by Gasteiger charge is 2.25. The smallest absolute Gasteiger partial charge is 0.228 e. The number of anilines is 3. The lowest BCUT2D eigenvalue weighted by molar-refractivity contribution is 0.401. The van der Waals surface area contributed by atoms with Gasteiger partial charge in [0.25, 0.3) is 0 Å². The Bertz CT molecular complexity index is 1200. The van der Waals surface area contributed by atoms with Crippen LogP contribution in [0.5, 0.6) is 0 Å². The normalized spacial score (nSPS) is 15.8. The van der Waals surface area contributed by atoms with Crippen LogP contribution in [0.4, 0.5) is 17.7 Å². The molecule has 0 radical (unpaired) electrons. The Morgan fingerprint density at radius 3 is 2.64 bits per heavy atom. The third kappa shape index (κ3) is 5.79. The molecule has 0 saturated carbocycles. The first-order chi connectivity index (χ1) is 15.8. The summed E-state index contributed by atoms with van der Waals surface area (Å²) < 4.78 is 24.2. The van der Waals surface area contributed by atoms with Gasteiger partial charge in [-0.2, -0.15) is 15.0 Å². The summed E-state index contributed by atoms with van der Waals surface area (Å²) in [5.74, 6) is 2.29. The Hall–Kier alpha value is -2.76. The number of pyridine rings is 1. The molecular weight excluding hydrogens is 464 g/mol. The number of rotatable bonds is 7. The summed E-state index contributed by atoms with van der Waals surface area (Å²) in [5, 5.41) is 4.91. The number of piperidine rings is 1. The van der Waals surface area contributed by atoms with Crippen LogP contribution in [-0.4, -0.2) is 48.0 Å². The lowest BCUT2D eigenvalue weighted by atomic mass is 9.96. The van der Waals surface area contributed by atoms with Crippen molar-refractivity contribution in [2.75, 3.05) is 35.6 Å². The molecule has 10 nitrogen and oxygen atoms in total. The number of aromatic nitrogens is 4. The molecule has 1 aliphatic rings. The second-order valence-corrected chi connectivity index (χ2v) is 9.49. The van der Waals surface area contributed by atoms with Crippen molar-refractivity contribution in [3.8, 4) is 0 Å². The Morgan fingerprint density at radius 2 is 1.94 bits per heavy atom. The minimum Gasteiger partial charge on any atom is -0.368 e. The van der Waals surface area contributed by atoms with Gasteiger partial charge in [0.15, 0.2) is 0 Å². The molecule has 1 saturated heterocycles. The van der Waals surface area contributed by atoms with Crippen LogP contribution in [0.2, 0.25) is 5.02 Å². The highest BCUT2D eigenvalue weighted by atomic mass is 35.5. The quantitative estimate of drug-likeness (QED) is 0.368.